The number of halogens is 1. The van der Waals surface area contributed by atoms with Gasteiger partial charge in [-0.1, -0.05) is 20.8 Å². The van der Waals surface area contributed by atoms with Crippen LogP contribution in [0, 0.1) is 5.82 Å². The molecule has 0 saturated carbocycles. The number of nitrogens with zero attached hydrogens (tertiary/aromatic N) is 3. The van der Waals surface area contributed by atoms with Crippen LogP contribution in [0.25, 0.3) is 0 Å². The standard InChI is InChI=1S/C21H32FN3O2/c1-4-12-24(15-14-23(5-2)6-3)20(26)11-13-25-19-9-8-18(22)16-17(19)7-10-21(25)27/h8-9,16H,4-7,10-15H2,1-3H3. The van der Waals surface area contributed by atoms with Crippen molar-refractivity contribution in [1.29, 1.82) is 0 Å². The summed E-state index contributed by atoms with van der Waals surface area (Å²) in [6, 6.07) is 4.51. The lowest BCUT2D eigenvalue weighted by Crippen LogP contribution is -2.42. The quantitative estimate of drug-likeness (QED) is 0.629. The highest BCUT2D eigenvalue weighted by Gasteiger charge is 2.25. The molecule has 1 aromatic carbocycles. The van der Waals surface area contributed by atoms with Crippen LogP contribution in [0.1, 0.15) is 45.6 Å². The summed E-state index contributed by atoms with van der Waals surface area (Å²) in [6.45, 7) is 10.9. The largest absolute Gasteiger partial charge is 0.341 e. The summed E-state index contributed by atoms with van der Waals surface area (Å²) in [4.78, 5) is 30.9. The monoisotopic (exact) mass is 377 g/mol. The van der Waals surface area contributed by atoms with E-state index in [1.165, 1.54) is 12.1 Å². The van der Waals surface area contributed by atoms with Gasteiger partial charge in [0, 0.05) is 44.7 Å². The van der Waals surface area contributed by atoms with Gasteiger partial charge in [0.05, 0.1) is 0 Å². The Balaban J connectivity index is 1.99. The minimum atomic E-state index is -0.287. The Morgan fingerprint density at radius 3 is 2.52 bits per heavy atom. The fourth-order valence-corrected chi connectivity index (χ4v) is 3.57. The van der Waals surface area contributed by atoms with Crippen LogP contribution in [-0.2, 0) is 16.0 Å². The number of hydrogen-bond donors (Lipinski definition) is 0. The zero-order chi connectivity index (χ0) is 19.8. The number of carbonyl (C=O) groups excluding carboxylic acids is 2. The zero-order valence-corrected chi connectivity index (χ0v) is 16.8. The van der Waals surface area contributed by atoms with E-state index in [0.29, 0.717) is 32.4 Å². The summed E-state index contributed by atoms with van der Waals surface area (Å²) in [7, 11) is 0. The predicted octanol–water partition coefficient (Wildman–Crippen LogP) is 3.08. The molecule has 150 valence electrons. The molecule has 0 saturated heterocycles. The van der Waals surface area contributed by atoms with Gasteiger partial charge in [-0.05, 0) is 49.7 Å². The lowest BCUT2D eigenvalue weighted by Gasteiger charge is -2.31. The first kappa shape index (κ1) is 21.4. The molecule has 0 aliphatic carbocycles. The minimum Gasteiger partial charge on any atom is -0.341 e. The van der Waals surface area contributed by atoms with E-state index >= 15 is 0 Å². The molecule has 0 radical (unpaired) electrons. The topological polar surface area (TPSA) is 43.9 Å². The first-order valence-electron chi connectivity index (χ1n) is 10.1. The molecule has 0 N–H and O–H groups in total. The first-order valence-corrected chi connectivity index (χ1v) is 10.1. The third-order valence-corrected chi connectivity index (χ3v) is 5.22. The highest BCUT2D eigenvalue weighted by molar-refractivity contribution is 5.97. The highest BCUT2D eigenvalue weighted by Crippen LogP contribution is 2.28. The van der Waals surface area contributed by atoms with Crippen molar-refractivity contribution < 1.29 is 14.0 Å². The van der Waals surface area contributed by atoms with Crippen LogP contribution < -0.4 is 4.90 Å². The lowest BCUT2D eigenvalue weighted by atomic mass is 10.0. The van der Waals surface area contributed by atoms with E-state index < -0.39 is 0 Å². The third kappa shape index (κ3) is 5.76. The molecule has 1 aromatic rings. The molecular formula is C21H32FN3O2. The summed E-state index contributed by atoms with van der Waals surface area (Å²) in [5.41, 5.74) is 1.58. The molecular weight excluding hydrogens is 345 g/mol. The summed E-state index contributed by atoms with van der Waals surface area (Å²) in [5, 5.41) is 0. The van der Waals surface area contributed by atoms with Crippen molar-refractivity contribution in [2.75, 3.05) is 44.2 Å². The SMILES string of the molecule is CCCN(CCN(CC)CC)C(=O)CCN1C(=O)CCc2cc(F)ccc21. The average molecular weight is 378 g/mol. The molecule has 1 aliphatic rings. The molecule has 1 heterocycles. The Morgan fingerprint density at radius 1 is 1.11 bits per heavy atom. The van der Waals surface area contributed by atoms with Gasteiger partial charge < -0.3 is 14.7 Å². The summed E-state index contributed by atoms with van der Waals surface area (Å²) < 4.78 is 13.5. The Kier molecular flexibility index (Phi) is 8.23. The molecule has 0 fully saturated rings. The number of amides is 2. The number of hydrogen-bond acceptors (Lipinski definition) is 3. The van der Waals surface area contributed by atoms with E-state index in [2.05, 4.69) is 25.7 Å². The van der Waals surface area contributed by atoms with Gasteiger partial charge in [0.1, 0.15) is 5.82 Å². The number of benzene rings is 1. The normalized spacial score (nSPS) is 13.8. The predicted molar refractivity (Wildman–Crippen MR) is 106 cm³/mol. The van der Waals surface area contributed by atoms with Gasteiger partial charge in [-0.2, -0.15) is 0 Å². The molecule has 0 atom stereocenters. The molecule has 0 bridgehead atoms. The van der Waals surface area contributed by atoms with E-state index in [4.69, 9.17) is 0 Å². The molecule has 6 heteroatoms. The number of rotatable bonds is 10. The summed E-state index contributed by atoms with van der Waals surface area (Å²) in [5.74, 6) is -0.206. The highest BCUT2D eigenvalue weighted by atomic mass is 19.1. The molecule has 2 amide bonds. The van der Waals surface area contributed by atoms with E-state index in [1.54, 1.807) is 11.0 Å². The molecule has 0 aromatic heterocycles. The van der Waals surface area contributed by atoms with Crippen LogP contribution in [0.15, 0.2) is 18.2 Å². The maximum atomic E-state index is 13.5. The van der Waals surface area contributed by atoms with Crippen molar-refractivity contribution in [3.8, 4) is 0 Å². The minimum absolute atomic E-state index is 0.00657. The summed E-state index contributed by atoms with van der Waals surface area (Å²) in [6.07, 6.45) is 2.13. The van der Waals surface area contributed by atoms with Gasteiger partial charge in [-0.3, -0.25) is 9.59 Å². The lowest BCUT2D eigenvalue weighted by molar-refractivity contribution is -0.131. The van der Waals surface area contributed by atoms with Crippen molar-refractivity contribution >= 4 is 17.5 Å². The molecule has 1 aliphatic heterocycles. The second-order valence-corrected chi connectivity index (χ2v) is 6.98. The van der Waals surface area contributed by atoms with Crippen LogP contribution in [0.4, 0.5) is 10.1 Å². The first-order chi connectivity index (χ1) is 13.0. The van der Waals surface area contributed by atoms with Crippen molar-refractivity contribution in [2.45, 2.75) is 46.5 Å². The molecule has 5 nitrogen and oxygen atoms in total. The third-order valence-electron chi connectivity index (χ3n) is 5.22. The van der Waals surface area contributed by atoms with Crippen LogP contribution in [0.5, 0.6) is 0 Å². The smallest absolute Gasteiger partial charge is 0.227 e. The van der Waals surface area contributed by atoms with Crippen LogP contribution >= 0.6 is 0 Å². The Labute approximate surface area is 162 Å². The van der Waals surface area contributed by atoms with Crippen LogP contribution in [0.2, 0.25) is 0 Å². The van der Waals surface area contributed by atoms with E-state index in [0.717, 1.165) is 43.9 Å². The maximum Gasteiger partial charge on any atom is 0.227 e. The van der Waals surface area contributed by atoms with Gasteiger partial charge in [-0.15, -0.1) is 0 Å². The van der Waals surface area contributed by atoms with Crippen molar-refractivity contribution in [3.63, 3.8) is 0 Å². The second kappa shape index (κ2) is 10.4. The van der Waals surface area contributed by atoms with Gasteiger partial charge in [0.2, 0.25) is 11.8 Å². The van der Waals surface area contributed by atoms with Crippen molar-refractivity contribution in [3.05, 3.63) is 29.6 Å². The Bertz CT molecular complexity index is 646. The van der Waals surface area contributed by atoms with Gasteiger partial charge >= 0.3 is 0 Å². The van der Waals surface area contributed by atoms with Gasteiger partial charge in [-0.25, -0.2) is 4.39 Å². The number of likely N-dealkylation sites (N-methyl/N-ethyl adjacent to an activating group) is 1. The van der Waals surface area contributed by atoms with Crippen LogP contribution in [0.3, 0.4) is 0 Å². The average Bonchev–Trinajstić information content (AvgIpc) is 2.67. The van der Waals surface area contributed by atoms with Gasteiger partial charge in [0.25, 0.3) is 0 Å². The second-order valence-electron chi connectivity index (χ2n) is 6.98. The van der Waals surface area contributed by atoms with Crippen LogP contribution in [-0.4, -0.2) is 60.9 Å². The summed E-state index contributed by atoms with van der Waals surface area (Å²) >= 11 is 0. The van der Waals surface area contributed by atoms with Crippen molar-refractivity contribution in [2.24, 2.45) is 0 Å². The Morgan fingerprint density at radius 2 is 1.85 bits per heavy atom. The number of carbonyl (C=O) groups is 2. The van der Waals surface area contributed by atoms with E-state index in [9.17, 15) is 14.0 Å². The number of fused-ring (bicyclic) bond motifs is 1. The number of anilines is 1. The molecule has 27 heavy (non-hydrogen) atoms. The Hall–Kier alpha value is -1.95. The van der Waals surface area contributed by atoms with Crippen molar-refractivity contribution in [1.82, 2.24) is 9.80 Å². The fourth-order valence-electron chi connectivity index (χ4n) is 3.57. The molecule has 0 spiro atoms. The van der Waals surface area contributed by atoms with E-state index in [1.807, 2.05) is 4.90 Å². The van der Waals surface area contributed by atoms with Gasteiger partial charge in [0.15, 0.2) is 0 Å². The zero-order valence-electron chi connectivity index (χ0n) is 16.8. The molecule has 0 unspecified atom stereocenters. The molecule has 2 rings (SSSR count). The van der Waals surface area contributed by atoms with E-state index in [-0.39, 0.29) is 17.6 Å². The number of aryl methyl sites for hydroxylation is 1. The maximum absolute atomic E-state index is 13.5. The fraction of sp³-hybridized carbons (Fsp3) is 0.619.